The summed E-state index contributed by atoms with van der Waals surface area (Å²) in [6, 6.07) is 19.1. The zero-order chi connectivity index (χ0) is 26.6. The number of nitrogens with one attached hydrogen (secondary N) is 2. The Morgan fingerprint density at radius 3 is 2.37 bits per heavy atom. The highest BCUT2D eigenvalue weighted by Gasteiger charge is 2.42. The molecule has 2 aromatic carbocycles. The Bertz CT molecular complexity index is 1310. The number of primary amides is 1. The van der Waals surface area contributed by atoms with Gasteiger partial charge in [0, 0.05) is 42.0 Å². The lowest BCUT2D eigenvalue weighted by atomic mass is 9.96. The maximum Gasteiger partial charge on any atom is 0.409 e. The highest BCUT2D eigenvalue weighted by molar-refractivity contribution is 5.96. The van der Waals surface area contributed by atoms with E-state index in [9.17, 15) is 14.4 Å². The van der Waals surface area contributed by atoms with Crippen LogP contribution in [0.15, 0.2) is 66.9 Å². The van der Waals surface area contributed by atoms with Gasteiger partial charge in [-0.3, -0.25) is 9.59 Å². The van der Waals surface area contributed by atoms with Crippen LogP contribution in [-0.2, 0) is 6.54 Å². The second-order valence-electron chi connectivity index (χ2n) is 9.86. The van der Waals surface area contributed by atoms with Crippen LogP contribution in [0.4, 0.5) is 10.6 Å². The Morgan fingerprint density at radius 2 is 1.71 bits per heavy atom. The molecule has 9 heteroatoms. The molecule has 1 aromatic heterocycles. The Balaban J connectivity index is 1.20. The summed E-state index contributed by atoms with van der Waals surface area (Å²) in [6.45, 7) is 2.20. The summed E-state index contributed by atoms with van der Waals surface area (Å²) in [5.41, 5.74) is 7.73. The summed E-state index contributed by atoms with van der Waals surface area (Å²) in [6.07, 6.45) is 4.38. The normalized spacial score (nSPS) is 20.0. The number of benzene rings is 2. The fraction of sp³-hybridized carbons (Fsp3) is 0.310. The molecular formula is C29H31N5O4. The van der Waals surface area contributed by atoms with Gasteiger partial charge in [0.25, 0.3) is 11.8 Å². The van der Waals surface area contributed by atoms with Crippen molar-refractivity contribution in [3.8, 4) is 5.75 Å². The SMILES string of the molecule is Cc1c(OC(N)=O)cccc1C(=O)NC1C[C@H]2CC[C@@H](C1)N2c1ccc(C(=O)NCc2ccccc2)cn1. The fourth-order valence-electron chi connectivity index (χ4n) is 5.56. The highest BCUT2D eigenvalue weighted by atomic mass is 16.5. The summed E-state index contributed by atoms with van der Waals surface area (Å²) in [4.78, 5) is 43.7. The Morgan fingerprint density at radius 1 is 0.974 bits per heavy atom. The van der Waals surface area contributed by atoms with E-state index in [-0.39, 0.29) is 35.7 Å². The van der Waals surface area contributed by atoms with Crippen LogP contribution in [0.2, 0.25) is 0 Å². The molecule has 38 heavy (non-hydrogen) atoms. The molecule has 3 aromatic rings. The third-order valence-electron chi connectivity index (χ3n) is 7.38. The second-order valence-corrected chi connectivity index (χ2v) is 9.86. The van der Waals surface area contributed by atoms with Crippen LogP contribution in [-0.4, -0.2) is 41.0 Å². The van der Waals surface area contributed by atoms with Crippen molar-refractivity contribution in [1.29, 1.82) is 0 Å². The number of hydrogen-bond acceptors (Lipinski definition) is 6. The van der Waals surface area contributed by atoms with Crippen molar-refractivity contribution >= 4 is 23.7 Å². The number of ether oxygens (including phenoxy) is 1. The highest BCUT2D eigenvalue weighted by Crippen LogP contribution is 2.38. The number of amides is 3. The van der Waals surface area contributed by atoms with Gasteiger partial charge in [0.15, 0.2) is 0 Å². The molecule has 196 valence electrons. The first kappa shape index (κ1) is 25.3. The van der Waals surface area contributed by atoms with Crippen LogP contribution >= 0.6 is 0 Å². The zero-order valence-corrected chi connectivity index (χ0v) is 21.2. The topological polar surface area (TPSA) is 127 Å². The Hall–Kier alpha value is -4.40. The van der Waals surface area contributed by atoms with Gasteiger partial charge in [0.2, 0.25) is 0 Å². The molecule has 5 rings (SSSR count). The molecule has 2 saturated heterocycles. The summed E-state index contributed by atoms with van der Waals surface area (Å²) in [5.74, 6) is 0.787. The van der Waals surface area contributed by atoms with Crippen molar-refractivity contribution in [3.63, 3.8) is 0 Å². The summed E-state index contributed by atoms with van der Waals surface area (Å²) >= 11 is 0. The van der Waals surface area contributed by atoms with Gasteiger partial charge in [-0.25, -0.2) is 9.78 Å². The standard InChI is InChI=1S/C29H31N5O4/c1-18-24(8-5-9-25(18)38-29(30)37)28(36)33-21-14-22-11-12-23(15-21)34(22)26-13-10-20(17-31-26)27(35)32-16-19-6-3-2-4-7-19/h2-10,13,17,21-23H,11-12,14-16H2,1H3,(H2,30,37)(H,32,35)(H,33,36)/t21?,22-,23+. The van der Waals surface area contributed by atoms with Crippen molar-refractivity contribution in [2.75, 3.05) is 4.90 Å². The van der Waals surface area contributed by atoms with Gasteiger partial charge in [-0.15, -0.1) is 0 Å². The molecule has 9 nitrogen and oxygen atoms in total. The van der Waals surface area contributed by atoms with Crippen molar-refractivity contribution in [3.05, 3.63) is 89.1 Å². The number of carbonyl (C=O) groups is 3. The number of nitrogens with two attached hydrogens (primary N) is 1. The van der Waals surface area contributed by atoms with Crippen LogP contribution in [0.3, 0.4) is 0 Å². The van der Waals surface area contributed by atoms with Crippen LogP contribution in [0.25, 0.3) is 0 Å². The molecule has 0 saturated carbocycles. The molecule has 0 aliphatic carbocycles. The third kappa shape index (κ3) is 5.46. The van der Waals surface area contributed by atoms with E-state index in [1.807, 2.05) is 42.5 Å². The third-order valence-corrected chi connectivity index (χ3v) is 7.38. The van der Waals surface area contributed by atoms with E-state index in [1.165, 1.54) is 0 Å². The predicted molar refractivity (Wildman–Crippen MR) is 143 cm³/mol. The zero-order valence-electron chi connectivity index (χ0n) is 21.2. The first-order valence-corrected chi connectivity index (χ1v) is 12.8. The lowest BCUT2D eigenvalue weighted by molar-refractivity contribution is 0.0923. The van der Waals surface area contributed by atoms with E-state index in [0.29, 0.717) is 23.2 Å². The molecule has 2 fully saturated rings. The van der Waals surface area contributed by atoms with Gasteiger partial charge in [-0.05, 0) is 62.4 Å². The number of piperidine rings is 1. The summed E-state index contributed by atoms with van der Waals surface area (Å²) in [5, 5.41) is 6.10. The number of fused-ring (bicyclic) bond motifs is 2. The van der Waals surface area contributed by atoms with Crippen molar-refractivity contribution in [2.45, 2.75) is 57.3 Å². The minimum atomic E-state index is -0.913. The van der Waals surface area contributed by atoms with E-state index in [4.69, 9.17) is 10.5 Å². The molecule has 3 atom stereocenters. The van der Waals surface area contributed by atoms with E-state index in [2.05, 4.69) is 20.5 Å². The average Bonchev–Trinajstić information content (AvgIpc) is 3.18. The number of aromatic nitrogens is 1. The van der Waals surface area contributed by atoms with Crippen LogP contribution in [0.5, 0.6) is 5.75 Å². The monoisotopic (exact) mass is 513 g/mol. The molecule has 2 bridgehead atoms. The van der Waals surface area contributed by atoms with E-state index in [0.717, 1.165) is 37.1 Å². The van der Waals surface area contributed by atoms with Gasteiger partial charge in [0.05, 0.1) is 5.56 Å². The number of pyridine rings is 1. The molecule has 1 unspecified atom stereocenters. The van der Waals surface area contributed by atoms with Gasteiger partial charge >= 0.3 is 6.09 Å². The van der Waals surface area contributed by atoms with E-state index >= 15 is 0 Å². The number of rotatable bonds is 7. The van der Waals surface area contributed by atoms with Gasteiger partial charge in [0.1, 0.15) is 11.6 Å². The number of nitrogens with zero attached hydrogens (tertiary/aromatic N) is 2. The maximum absolute atomic E-state index is 13.1. The first-order chi connectivity index (χ1) is 18.4. The predicted octanol–water partition coefficient (Wildman–Crippen LogP) is 3.71. The minimum absolute atomic E-state index is 0.0272. The number of carbonyl (C=O) groups excluding carboxylic acids is 3. The molecule has 0 radical (unpaired) electrons. The molecule has 3 amide bonds. The molecular weight excluding hydrogens is 482 g/mol. The van der Waals surface area contributed by atoms with Crippen molar-refractivity contribution < 1.29 is 19.1 Å². The van der Waals surface area contributed by atoms with Crippen LogP contribution in [0.1, 0.15) is 57.5 Å². The first-order valence-electron chi connectivity index (χ1n) is 12.8. The number of anilines is 1. The summed E-state index contributed by atoms with van der Waals surface area (Å²) in [7, 11) is 0. The summed E-state index contributed by atoms with van der Waals surface area (Å²) < 4.78 is 5.01. The van der Waals surface area contributed by atoms with E-state index < -0.39 is 6.09 Å². The largest absolute Gasteiger partial charge is 0.410 e. The lowest BCUT2D eigenvalue weighted by Crippen LogP contribution is -2.50. The van der Waals surface area contributed by atoms with Gasteiger partial charge in [-0.1, -0.05) is 36.4 Å². The Labute approximate surface area is 221 Å². The lowest BCUT2D eigenvalue weighted by Gasteiger charge is -2.40. The second kappa shape index (κ2) is 10.9. The van der Waals surface area contributed by atoms with Crippen LogP contribution < -0.4 is 26.0 Å². The van der Waals surface area contributed by atoms with Crippen molar-refractivity contribution in [1.82, 2.24) is 15.6 Å². The number of hydrogen-bond donors (Lipinski definition) is 3. The molecule has 3 heterocycles. The quantitative estimate of drug-likeness (QED) is 0.442. The maximum atomic E-state index is 13.1. The molecule has 4 N–H and O–H groups in total. The van der Waals surface area contributed by atoms with E-state index in [1.54, 1.807) is 31.3 Å². The Kier molecular flexibility index (Phi) is 7.26. The van der Waals surface area contributed by atoms with Gasteiger partial charge in [-0.2, -0.15) is 0 Å². The van der Waals surface area contributed by atoms with Crippen LogP contribution in [0, 0.1) is 6.92 Å². The average molecular weight is 514 g/mol. The van der Waals surface area contributed by atoms with Crippen molar-refractivity contribution in [2.24, 2.45) is 5.73 Å². The molecule has 2 aliphatic heterocycles. The minimum Gasteiger partial charge on any atom is -0.410 e. The molecule has 0 spiro atoms. The molecule has 2 aliphatic rings. The fourth-order valence-corrected chi connectivity index (χ4v) is 5.56. The smallest absolute Gasteiger partial charge is 0.409 e. The van der Waals surface area contributed by atoms with Gasteiger partial charge < -0.3 is 26.0 Å².